The van der Waals surface area contributed by atoms with E-state index in [1.807, 2.05) is 6.07 Å². The lowest BCUT2D eigenvalue weighted by molar-refractivity contribution is 0.666. The predicted octanol–water partition coefficient (Wildman–Crippen LogP) is 8.94. The maximum Gasteiger partial charge on any atom is 0.145 e. The van der Waals surface area contributed by atoms with Gasteiger partial charge in [0.25, 0.3) is 0 Å². The Hall–Kier alpha value is -4.89. The number of fused-ring (bicyclic) bond motifs is 6. The minimum atomic E-state index is -0.0585. The summed E-state index contributed by atoms with van der Waals surface area (Å²) >= 11 is 0. The van der Waals surface area contributed by atoms with E-state index >= 15 is 0 Å². The molecule has 0 spiro atoms. The van der Waals surface area contributed by atoms with Gasteiger partial charge in [0.2, 0.25) is 0 Å². The van der Waals surface area contributed by atoms with E-state index < -0.39 is 0 Å². The van der Waals surface area contributed by atoms with Crippen molar-refractivity contribution in [3.05, 3.63) is 139 Å². The van der Waals surface area contributed by atoms with Crippen molar-refractivity contribution in [3.63, 3.8) is 0 Å². The number of para-hydroxylation sites is 3. The molecule has 3 heteroatoms. The second-order valence-electron chi connectivity index (χ2n) is 10.9. The van der Waals surface area contributed by atoms with Crippen LogP contribution in [0.1, 0.15) is 25.0 Å². The molecule has 0 unspecified atom stereocenters. The summed E-state index contributed by atoms with van der Waals surface area (Å²) in [7, 11) is 0. The first-order valence-corrected chi connectivity index (χ1v) is 13.5. The van der Waals surface area contributed by atoms with Crippen LogP contribution in [0.2, 0.25) is 0 Å². The molecule has 0 aliphatic heterocycles. The first-order chi connectivity index (χ1) is 19.1. The molecule has 0 amide bonds. The first-order valence-electron chi connectivity index (χ1n) is 13.5. The fourth-order valence-electron chi connectivity index (χ4n) is 6.58. The number of nitrogens with zero attached hydrogens (tertiary/aromatic N) is 3. The summed E-state index contributed by atoms with van der Waals surface area (Å²) in [5.41, 5.74) is 12.1. The molecule has 1 aliphatic carbocycles. The largest absolute Gasteiger partial charge is 0.309 e. The topological polar surface area (TPSA) is 22.8 Å². The van der Waals surface area contributed by atoms with Crippen LogP contribution in [0.3, 0.4) is 0 Å². The highest BCUT2D eigenvalue weighted by Gasteiger charge is 2.40. The van der Waals surface area contributed by atoms with Crippen molar-refractivity contribution in [2.45, 2.75) is 19.3 Å². The quantitative estimate of drug-likeness (QED) is 0.237. The van der Waals surface area contributed by atoms with Gasteiger partial charge in [-0.1, -0.05) is 98.8 Å². The first kappa shape index (κ1) is 22.1. The molecule has 0 N–H and O–H groups in total. The summed E-state index contributed by atoms with van der Waals surface area (Å²) in [6.45, 7) is 4.71. The van der Waals surface area contributed by atoms with Crippen LogP contribution < -0.4 is 0 Å². The van der Waals surface area contributed by atoms with Gasteiger partial charge in [-0.05, 0) is 53.6 Å². The number of imidazole rings is 1. The molecule has 186 valence electrons. The number of aromatic nitrogens is 3. The Morgan fingerprint density at radius 1 is 0.564 bits per heavy atom. The standard InChI is InChI=1S/C36H27N3/c1-36(2)29-16-8-6-14-27(29)34-33(36)28-15-7-10-18-31(28)38(34)25-20-22-26(23-21-25)39-32-19-11-9-17-30(32)37-35(39)24-12-4-3-5-13-24/h3-23H,1-2H3. The molecule has 0 saturated carbocycles. The molecule has 8 rings (SSSR count). The summed E-state index contributed by atoms with van der Waals surface area (Å²) in [4.78, 5) is 5.02. The Kier molecular flexibility index (Phi) is 4.57. The van der Waals surface area contributed by atoms with Gasteiger partial charge in [0.1, 0.15) is 5.82 Å². The maximum atomic E-state index is 5.02. The van der Waals surface area contributed by atoms with Gasteiger partial charge >= 0.3 is 0 Å². The van der Waals surface area contributed by atoms with E-state index in [1.165, 1.54) is 33.3 Å². The Labute approximate surface area is 227 Å². The Balaban J connectivity index is 1.35. The maximum absolute atomic E-state index is 5.02. The monoisotopic (exact) mass is 501 g/mol. The zero-order valence-corrected chi connectivity index (χ0v) is 22.0. The van der Waals surface area contributed by atoms with Gasteiger partial charge in [-0.3, -0.25) is 4.57 Å². The third kappa shape index (κ3) is 3.07. The average Bonchev–Trinajstić information content (AvgIpc) is 3.61. The van der Waals surface area contributed by atoms with Crippen LogP contribution in [0.15, 0.2) is 127 Å². The highest BCUT2D eigenvalue weighted by Crippen LogP contribution is 2.53. The van der Waals surface area contributed by atoms with E-state index in [4.69, 9.17) is 4.98 Å². The fraction of sp³-hybridized carbons (Fsp3) is 0.0833. The molecular weight excluding hydrogens is 474 g/mol. The molecule has 2 heterocycles. The molecule has 0 fully saturated rings. The molecule has 2 aromatic heterocycles. The van der Waals surface area contributed by atoms with Gasteiger partial charge in [0, 0.05) is 33.3 Å². The van der Waals surface area contributed by atoms with E-state index in [1.54, 1.807) is 0 Å². The molecule has 39 heavy (non-hydrogen) atoms. The number of hydrogen-bond donors (Lipinski definition) is 0. The summed E-state index contributed by atoms with van der Waals surface area (Å²) in [5.74, 6) is 0.951. The predicted molar refractivity (Wildman–Crippen MR) is 161 cm³/mol. The number of hydrogen-bond acceptors (Lipinski definition) is 1. The van der Waals surface area contributed by atoms with E-state index in [0.29, 0.717) is 0 Å². The van der Waals surface area contributed by atoms with Crippen LogP contribution in [-0.2, 0) is 5.41 Å². The average molecular weight is 502 g/mol. The summed E-state index contributed by atoms with van der Waals surface area (Å²) in [6.07, 6.45) is 0. The van der Waals surface area contributed by atoms with E-state index in [2.05, 4.69) is 144 Å². The van der Waals surface area contributed by atoms with Crippen molar-refractivity contribution in [1.29, 1.82) is 0 Å². The smallest absolute Gasteiger partial charge is 0.145 e. The summed E-state index contributed by atoms with van der Waals surface area (Å²) < 4.78 is 4.72. The lowest BCUT2D eigenvalue weighted by Gasteiger charge is -2.21. The Morgan fingerprint density at radius 3 is 1.97 bits per heavy atom. The van der Waals surface area contributed by atoms with Crippen LogP contribution in [0.5, 0.6) is 0 Å². The highest BCUT2D eigenvalue weighted by atomic mass is 15.1. The molecule has 7 aromatic rings. The lowest BCUT2D eigenvalue weighted by atomic mass is 9.81. The normalized spacial score (nSPS) is 13.6. The van der Waals surface area contributed by atoms with E-state index in [0.717, 1.165) is 33.8 Å². The molecular formula is C36H27N3. The molecule has 0 bridgehead atoms. The van der Waals surface area contributed by atoms with Crippen LogP contribution in [0.25, 0.3) is 56.0 Å². The van der Waals surface area contributed by atoms with Crippen molar-refractivity contribution < 1.29 is 0 Å². The molecule has 0 saturated heterocycles. The summed E-state index contributed by atoms with van der Waals surface area (Å²) in [6, 6.07) is 45.4. The molecule has 5 aromatic carbocycles. The zero-order chi connectivity index (χ0) is 26.1. The van der Waals surface area contributed by atoms with Crippen molar-refractivity contribution >= 4 is 21.9 Å². The third-order valence-corrected chi connectivity index (χ3v) is 8.31. The van der Waals surface area contributed by atoms with E-state index in [-0.39, 0.29) is 5.41 Å². The van der Waals surface area contributed by atoms with Crippen molar-refractivity contribution in [1.82, 2.24) is 14.1 Å². The van der Waals surface area contributed by atoms with Gasteiger partial charge in [-0.15, -0.1) is 0 Å². The van der Waals surface area contributed by atoms with Gasteiger partial charge in [-0.25, -0.2) is 4.98 Å². The second-order valence-corrected chi connectivity index (χ2v) is 10.9. The molecule has 1 aliphatic rings. The van der Waals surface area contributed by atoms with Crippen molar-refractivity contribution in [2.24, 2.45) is 0 Å². The Morgan fingerprint density at radius 2 is 1.18 bits per heavy atom. The van der Waals surface area contributed by atoms with Crippen molar-refractivity contribution in [3.8, 4) is 34.0 Å². The van der Waals surface area contributed by atoms with Gasteiger partial charge in [-0.2, -0.15) is 0 Å². The van der Waals surface area contributed by atoms with Crippen LogP contribution in [-0.4, -0.2) is 14.1 Å². The minimum Gasteiger partial charge on any atom is -0.309 e. The molecule has 0 radical (unpaired) electrons. The molecule has 3 nitrogen and oxygen atoms in total. The second kappa shape index (κ2) is 8.05. The zero-order valence-electron chi connectivity index (χ0n) is 22.0. The van der Waals surface area contributed by atoms with E-state index in [9.17, 15) is 0 Å². The summed E-state index contributed by atoms with van der Waals surface area (Å²) in [5, 5.41) is 1.32. The van der Waals surface area contributed by atoms with Crippen LogP contribution >= 0.6 is 0 Å². The van der Waals surface area contributed by atoms with Gasteiger partial charge in [0.15, 0.2) is 0 Å². The molecule has 0 atom stereocenters. The number of benzene rings is 5. The minimum absolute atomic E-state index is 0.0585. The van der Waals surface area contributed by atoms with Crippen LogP contribution in [0, 0.1) is 0 Å². The lowest BCUT2D eigenvalue weighted by Crippen LogP contribution is -2.14. The SMILES string of the molecule is CC1(C)c2ccccc2-c2c1c1ccccc1n2-c1ccc(-n2c(-c3ccccc3)nc3ccccc32)cc1. The van der Waals surface area contributed by atoms with Gasteiger partial charge in [0.05, 0.1) is 22.2 Å². The third-order valence-electron chi connectivity index (χ3n) is 8.31. The fourth-order valence-corrected chi connectivity index (χ4v) is 6.58. The van der Waals surface area contributed by atoms with Crippen LogP contribution in [0.4, 0.5) is 0 Å². The number of rotatable bonds is 3. The van der Waals surface area contributed by atoms with Gasteiger partial charge < -0.3 is 4.57 Å². The highest BCUT2D eigenvalue weighted by molar-refractivity contribution is 5.99. The Bertz CT molecular complexity index is 2020. The van der Waals surface area contributed by atoms with Crippen molar-refractivity contribution in [2.75, 3.05) is 0 Å².